The van der Waals surface area contributed by atoms with Crippen LogP contribution in [0.1, 0.15) is 81.2 Å². The number of hydrogen-bond acceptors (Lipinski definition) is 4. The normalized spacial score (nSPS) is 14.3. The molecule has 0 aliphatic heterocycles. The number of carboxylic acid groups (broad SMARTS) is 1. The topological polar surface area (TPSA) is 104 Å². The third-order valence-corrected chi connectivity index (χ3v) is 11.5. The second kappa shape index (κ2) is 14.8. The van der Waals surface area contributed by atoms with Crippen LogP contribution in [-0.2, 0) is 43.4 Å². The van der Waals surface area contributed by atoms with Crippen molar-refractivity contribution >= 4 is 39.2 Å². The van der Waals surface area contributed by atoms with Gasteiger partial charge < -0.3 is 10.4 Å². The van der Waals surface area contributed by atoms with Gasteiger partial charge in [-0.05, 0) is 96.5 Å². The first kappa shape index (κ1) is 39.9. The van der Waals surface area contributed by atoms with Crippen LogP contribution in [-0.4, -0.2) is 35.7 Å². The summed E-state index contributed by atoms with van der Waals surface area (Å²) in [5, 5.41) is 12.5. The van der Waals surface area contributed by atoms with E-state index in [-0.39, 0.29) is 34.0 Å². The predicted molar refractivity (Wildman–Crippen MR) is 191 cm³/mol. The Balaban J connectivity index is 1.70. The van der Waals surface area contributed by atoms with Crippen molar-refractivity contribution in [2.24, 2.45) is 0 Å². The zero-order valence-corrected chi connectivity index (χ0v) is 31.1. The molecular formula is C39H38ClF5N2O5S. The number of amides is 1. The van der Waals surface area contributed by atoms with Gasteiger partial charge in [0, 0.05) is 17.3 Å². The first-order valence-corrected chi connectivity index (χ1v) is 18.5. The third kappa shape index (κ3) is 8.42. The Labute approximate surface area is 309 Å². The van der Waals surface area contributed by atoms with Crippen LogP contribution >= 0.6 is 11.6 Å². The van der Waals surface area contributed by atoms with Gasteiger partial charge in [-0.15, -0.1) is 0 Å². The summed E-state index contributed by atoms with van der Waals surface area (Å²) in [5.74, 6) is -14.5. The van der Waals surface area contributed by atoms with Crippen molar-refractivity contribution in [2.75, 3.05) is 5.32 Å². The molecule has 1 unspecified atom stereocenters. The SMILES string of the molecule is CC(C)(C)c1cc(CC(C(=O)Nc2ccc(C(C)(C)C(=O)O)cc2)N(Cc2ccc(Cl)cc2)S(=O)(=O)c2c(F)c(F)c(F)c(F)c2F)cc(C2CC2)c1. The molecule has 1 amide bonds. The molecule has 0 bridgehead atoms. The molecule has 5 rings (SSSR count). The van der Waals surface area contributed by atoms with Crippen LogP contribution in [0.5, 0.6) is 0 Å². The quantitative estimate of drug-likeness (QED) is 0.0850. The maximum Gasteiger partial charge on any atom is 0.313 e. The smallest absolute Gasteiger partial charge is 0.313 e. The standard InChI is InChI=1S/C39H38ClF5N2O5S/c1-38(2,3)26-17-22(16-24(19-26)23-8-9-23)18-29(36(48)46-28-14-10-25(11-15-28)39(4,5)37(49)50)47(20-21-6-12-27(40)13-7-21)53(51,52)35-33(44)31(42)30(41)32(43)34(35)45/h6-7,10-17,19,23,29H,8-9,18,20H2,1-5H3,(H,46,48)(H,49,50). The Hall–Kier alpha value is -4.33. The van der Waals surface area contributed by atoms with Crippen LogP contribution in [0.25, 0.3) is 0 Å². The molecule has 14 heteroatoms. The number of nitrogens with zero attached hydrogens (tertiary/aromatic N) is 1. The third-order valence-electron chi connectivity index (χ3n) is 9.41. The summed E-state index contributed by atoms with van der Waals surface area (Å²) >= 11 is 6.04. The van der Waals surface area contributed by atoms with E-state index in [1.54, 1.807) is 6.07 Å². The predicted octanol–water partition coefficient (Wildman–Crippen LogP) is 9.01. The van der Waals surface area contributed by atoms with Gasteiger partial charge in [0.25, 0.3) is 0 Å². The Bertz CT molecular complexity index is 2140. The van der Waals surface area contributed by atoms with Gasteiger partial charge in [0.2, 0.25) is 21.7 Å². The summed E-state index contributed by atoms with van der Waals surface area (Å²) in [4.78, 5) is 24.1. The van der Waals surface area contributed by atoms with Crippen molar-refractivity contribution in [3.63, 3.8) is 0 Å². The Morgan fingerprint density at radius 3 is 1.87 bits per heavy atom. The molecule has 7 nitrogen and oxygen atoms in total. The number of nitrogens with one attached hydrogen (secondary N) is 1. The zero-order valence-electron chi connectivity index (χ0n) is 29.5. The van der Waals surface area contributed by atoms with E-state index in [0.29, 0.717) is 15.4 Å². The summed E-state index contributed by atoms with van der Waals surface area (Å²) in [5.41, 5.74) is 1.34. The van der Waals surface area contributed by atoms with Gasteiger partial charge >= 0.3 is 5.97 Å². The highest BCUT2D eigenvalue weighted by atomic mass is 35.5. The van der Waals surface area contributed by atoms with Crippen molar-refractivity contribution in [1.82, 2.24) is 4.31 Å². The zero-order chi connectivity index (χ0) is 39.2. The molecule has 4 aromatic rings. The van der Waals surface area contributed by atoms with E-state index >= 15 is 8.78 Å². The molecular weight excluding hydrogens is 739 g/mol. The highest BCUT2D eigenvalue weighted by Gasteiger charge is 2.43. The van der Waals surface area contributed by atoms with E-state index in [9.17, 15) is 36.3 Å². The van der Waals surface area contributed by atoms with Crippen molar-refractivity contribution in [3.8, 4) is 0 Å². The van der Waals surface area contributed by atoms with Gasteiger partial charge in [-0.1, -0.05) is 74.8 Å². The van der Waals surface area contributed by atoms with E-state index in [1.165, 1.54) is 62.4 Å². The number of rotatable bonds is 12. The summed E-state index contributed by atoms with van der Waals surface area (Å²) < 4.78 is 103. The minimum Gasteiger partial charge on any atom is -0.481 e. The lowest BCUT2D eigenvalue weighted by molar-refractivity contribution is -0.142. The van der Waals surface area contributed by atoms with Crippen molar-refractivity contribution < 1.29 is 45.1 Å². The number of halogens is 6. The minimum atomic E-state index is -5.70. The van der Waals surface area contributed by atoms with Gasteiger partial charge in [-0.25, -0.2) is 30.4 Å². The lowest BCUT2D eigenvalue weighted by Crippen LogP contribution is -2.48. The molecule has 282 valence electrons. The van der Waals surface area contributed by atoms with Gasteiger partial charge in [-0.2, -0.15) is 4.31 Å². The van der Waals surface area contributed by atoms with E-state index in [2.05, 4.69) is 5.32 Å². The van der Waals surface area contributed by atoms with E-state index < -0.39 is 73.9 Å². The van der Waals surface area contributed by atoms with Crippen LogP contribution in [0, 0.1) is 29.1 Å². The van der Waals surface area contributed by atoms with Crippen molar-refractivity contribution in [1.29, 1.82) is 0 Å². The number of anilines is 1. The molecule has 1 saturated carbocycles. The average molecular weight is 777 g/mol. The highest BCUT2D eigenvalue weighted by Crippen LogP contribution is 2.42. The summed E-state index contributed by atoms with van der Waals surface area (Å²) in [6, 6.07) is 15.2. The number of carbonyl (C=O) groups excluding carboxylic acids is 1. The van der Waals surface area contributed by atoms with Gasteiger partial charge in [0.15, 0.2) is 28.2 Å². The molecule has 0 heterocycles. The Morgan fingerprint density at radius 1 is 0.811 bits per heavy atom. The molecule has 53 heavy (non-hydrogen) atoms. The number of benzene rings is 4. The monoisotopic (exact) mass is 776 g/mol. The molecule has 0 spiro atoms. The first-order chi connectivity index (χ1) is 24.6. The maximum atomic E-state index is 15.3. The van der Waals surface area contributed by atoms with Crippen LogP contribution in [0.15, 0.2) is 71.6 Å². The second-order valence-electron chi connectivity index (χ2n) is 14.8. The number of carbonyl (C=O) groups is 2. The van der Waals surface area contributed by atoms with Gasteiger partial charge in [-0.3, -0.25) is 9.59 Å². The summed E-state index contributed by atoms with van der Waals surface area (Å²) in [6.45, 7) is 8.16. The van der Waals surface area contributed by atoms with Crippen molar-refractivity contribution in [2.45, 2.75) is 88.1 Å². The van der Waals surface area contributed by atoms with Crippen molar-refractivity contribution in [3.05, 3.63) is 129 Å². The van der Waals surface area contributed by atoms with E-state index in [0.717, 1.165) is 24.0 Å². The van der Waals surface area contributed by atoms with Crippen LogP contribution < -0.4 is 5.32 Å². The molecule has 1 aliphatic rings. The lowest BCUT2D eigenvalue weighted by Gasteiger charge is -2.31. The Morgan fingerprint density at radius 2 is 1.36 bits per heavy atom. The van der Waals surface area contributed by atoms with E-state index in [1.807, 2.05) is 32.9 Å². The highest BCUT2D eigenvalue weighted by molar-refractivity contribution is 7.89. The molecule has 0 radical (unpaired) electrons. The molecule has 0 aromatic heterocycles. The number of sulfonamides is 1. The molecule has 1 fully saturated rings. The van der Waals surface area contributed by atoms with Gasteiger partial charge in [0.1, 0.15) is 6.04 Å². The lowest BCUT2D eigenvalue weighted by atomic mass is 9.83. The average Bonchev–Trinajstić information content (AvgIpc) is 3.94. The first-order valence-electron chi connectivity index (χ1n) is 16.7. The van der Waals surface area contributed by atoms with Gasteiger partial charge in [0.05, 0.1) is 5.41 Å². The van der Waals surface area contributed by atoms with E-state index in [4.69, 9.17) is 11.6 Å². The number of aliphatic carboxylic acids is 1. The fourth-order valence-electron chi connectivity index (χ4n) is 5.85. The molecule has 1 atom stereocenters. The summed E-state index contributed by atoms with van der Waals surface area (Å²) in [6.07, 6.45) is 1.47. The van der Waals surface area contributed by atoms with Crippen LogP contribution in [0.2, 0.25) is 5.02 Å². The Kier molecular flexibility index (Phi) is 11.2. The largest absolute Gasteiger partial charge is 0.481 e. The molecule has 1 aliphatic carbocycles. The fraction of sp³-hybridized carbons (Fsp3) is 0.333. The maximum absolute atomic E-state index is 15.3. The summed E-state index contributed by atoms with van der Waals surface area (Å²) in [7, 11) is -5.70. The van der Waals surface area contributed by atoms with Crippen LogP contribution in [0.4, 0.5) is 27.6 Å². The number of carboxylic acids is 1. The molecule has 2 N–H and O–H groups in total. The fourth-order valence-corrected chi connectivity index (χ4v) is 7.67. The molecule has 0 saturated heterocycles. The molecule has 4 aromatic carbocycles. The second-order valence-corrected chi connectivity index (χ2v) is 17.0. The number of hydrogen-bond donors (Lipinski definition) is 2. The van der Waals surface area contributed by atoms with Crippen LogP contribution in [0.3, 0.4) is 0 Å². The minimum absolute atomic E-state index is 0.118.